The Morgan fingerprint density at radius 1 is 1.27 bits per heavy atom. The Morgan fingerprint density at radius 2 is 2.00 bits per heavy atom. The summed E-state index contributed by atoms with van der Waals surface area (Å²) in [5.41, 5.74) is 1.06. The van der Waals surface area contributed by atoms with Crippen molar-refractivity contribution in [1.29, 1.82) is 0 Å². The number of hydrogen-bond acceptors (Lipinski definition) is 3. The van der Waals surface area contributed by atoms with Gasteiger partial charge in [-0.15, -0.1) is 0 Å². The molecule has 80 valence electrons. The average Bonchev–Trinajstić information content (AvgIpc) is 2.30. The van der Waals surface area contributed by atoms with Gasteiger partial charge in [-0.3, -0.25) is 0 Å². The number of benzene rings is 1. The second-order valence-corrected chi connectivity index (χ2v) is 2.93. The van der Waals surface area contributed by atoms with Crippen molar-refractivity contribution >= 4 is 6.29 Å². The fraction of sp³-hybridized carbons (Fsp3) is 0.250. The molecule has 1 aromatic rings. The molecular formula is C12H14O3. The molecule has 0 radical (unpaired) electrons. The summed E-state index contributed by atoms with van der Waals surface area (Å²) in [6.45, 7) is 0.499. The topological polar surface area (TPSA) is 35.5 Å². The van der Waals surface area contributed by atoms with E-state index in [1.807, 2.05) is 24.3 Å². The zero-order valence-corrected chi connectivity index (χ0v) is 8.68. The monoisotopic (exact) mass is 206 g/mol. The summed E-state index contributed by atoms with van der Waals surface area (Å²) in [4.78, 5) is 9.99. The summed E-state index contributed by atoms with van der Waals surface area (Å²) in [5, 5.41) is 0. The molecule has 0 fully saturated rings. The Kier molecular flexibility index (Phi) is 5.01. The number of carbonyl (C=O) groups is 1. The fourth-order valence-corrected chi connectivity index (χ4v) is 1.05. The molecule has 0 aliphatic carbocycles. The van der Waals surface area contributed by atoms with Gasteiger partial charge in [-0.2, -0.15) is 0 Å². The van der Waals surface area contributed by atoms with Crippen molar-refractivity contribution in [2.75, 3.05) is 7.11 Å². The molecule has 0 bridgehead atoms. The molecule has 0 unspecified atom stereocenters. The van der Waals surface area contributed by atoms with Gasteiger partial charge in [0.1, 0.15) is 18.6 Å². The summed E-state index contributed by atoms with van der Waals surface area (Å²) >= 11 is 0. The van der Waals surface area contributed by atoms with Gasteiger partial charge in [-0.25, -0.2) is 0 Å². The first-order chi connectivity index (χ1) is 7.36. The first kappa shape index (κ1) is 11.3. The first-order valence-electron chi connectivity index (χ1n) is 4.70. The summed E-state index contributed by atoms with van der Waals surface area (Å²) in [6, 6.07) is 7.64. The van der Waals surface area contributed by atoms with Crippen LogP contribution in [0.1, 0.15) is 12.0 Å². The molecule has 1 aromatic carbocycles. The SMILES string of the molecule is COc1ccc(COC=CCC=O)cc1. The standard InChI is InChI=1S/C12H14O3/c1-14-12-6-4-11(5-7-12)10-15-9-3-2-8-13/h3-9H,2,10H2,1H3. The number of ether oxygens (including phenoxy) is 2. The van der Waals surface area contributed by atoms with Crippen LogP contribution in [-0.4, -0.2) is 13.4 Å². The Morgan fingerprint density at radius 3 is 2.60 bits per heavy atom. The lowest BCUT2D eigenvalue weighted by Crippen LogP contribution is -1.87. The quantitative estimate of drug-likeness (QED) is 0.529. The third-order valence-corrected chi connectivity index (χ3v) is 1.83. The fourth-order valence-electron chi connectivity index (χ4n) is 1.05. The molecule has 0 aromatic heterocycles. The third-order valence-electron chi connectivity index (χ3n) is 1.83. The van der Waals surface area contributed by atoms with E-state index in [-0.39, 0.29) is 0 Å². The molecule has 0 heterocycles. The van der Waals surface area contributed by atoms with E-state index in [9.17, 15) is 4.79 Å². The average molecular weight is 206 g/mol. The highest BCUT2D eigenvalue weighted by Crippen LogP contribution is 2.11. The van der Waals surface area contributed by atoms with Crippen LogP contribution in [0.4, 0.5) is 0 Å². The third kappa shape index (κ3) is 4.31. The maximum atomic E-state index is 9.99. The van der Waals surface area contributed by atoms with Crippen molar-refractivity contribution < 1.29 is 14.3 Å². The van der Waals surface area contributed by atoms with Gasteiger partial charge in [-0.1, -0.05) is 12.1 Å². The van der Waals surface area contributed by atoms with Crippen LogP contribution in [0.2, 0.25) is 0 Å². The van der Waals surface area contributed by atoms with Gasteiger partial charge in [0.2, 0.25) is 0 Å². The minimum absolute atomic E-state index is 0.391. The number of allylic oxidation sites excluding steroid dienone is 1. The molecule has 0 amide bonds. The Hall–Kier alpha value is -1.77. The molecule has 0 saturated carbocycles. The Bertz CT molecular complexity index is 314. The predicted octanol–water partition coefficient (Wildman–Crippen LogP) is 2.31. The maximum absolute atomic E-state index is 9.99. The summed E-state index contributed by atoms with van der Waals surface area (Å²) in [5.74, 6) is 0.829. The van der Waals surface area contributed by atoms with Crippen LogP contribution in [0.3, 0.4) is 0 Å². The Balaban J connectivity index is 2.34. The second kappa shape index (κ2) is 6.65. The van der Waals surface area contributed by atoms with E-state index in [0.717, 1.165) is 17.6 Å². The van der Waals surface area contributed by atoms with Gasteiger partial charge >= 0.3 is 0 Å². The van der Waals surface area contributed by atoms with Gasteiger partial charge < -0.3 is 14.3 Å². The second-order valence-electron chi connectivity index (χ2n) is 2.93. The van der Waals surface area contributed by atoms with Crippen LogP contribution in [0.15, 0.2) is 36.6 Å². The van der Waals surface area contributed by atoms with Crippen LogP contribution in [-0.2, 0) is 16.1 Å². The normalized spacial score (nSPS) is 10.2. The molecule has 3 nitrogen and oxygen atoms in total. The van der Waals surface area contributed by atoms with Crippen molar-refractivity contribution in [3.05, 3.63) is 42.2 Å². The first-order valence-corrected chi connectivity index (χ1v) is 4.70. The largest absolute Gasteiger partial charge is 0.497 e. The van der Waals surface area contributed by atoms with Crippen LogP contribution >= 0.6 is 0 Å². The van der Waals surface area contributed by atoms with E-state index in [1.165, 1.54) is 0 Å². The van der Waals surface area contributed by atoms with E-state index in [4.69, 9.17) is 9.47 Å². The lowest BCUT2D eigenvalue weighted by Gasteiger charge is -2.02. The summed E-state index contributed by atoms with van der Waals surface area (Å²) < 4.78 is 10.2. The van der Waals surface area contributed by atoms with E-state index < -0.39 is 0 Å². The van der Waals surface area contributed by atoms with Gasteiger partial charge in [0.25, 0.3) is 0 Å². The van der Waals surface area contributed by atoms with Crippen molar-refractivity contribution in [3.8, 4) is 5.75 Å². The number of rotatable bonds is 6. The highest BCUT2D eigenvalue weighted by atomic mass is 16.5. The van der Waals surface area contributed by atoms with Crippen LogP contribution in [0, 0.1) is 0 Å². The molecule has 1 rings (SSSR count). The predicted molar refractivity (Wildman–Crippen MR) is 57.6 cm³/mol. The van der Waals surface area contributed by atoms with Crippen LogP contribution in [0.25, 0.3) is 0 Å². The van der Waals surface area contributed by atoms with E-state index in [1.54, 1.807) is 19.4 Å². The summed E-state index contributed by atoms with van der Waals surface area (Å²) in [6.07, 6.45) is 4.44. The van der Waals surface area contributed by atoms with E-state index in [2.05, 4.69) is 0 Å². The zero-order valence-electron chi connectivity index (χ0n) is 8.68. The molecule has 0 atom stereocenters. The molecule has 0 aliphatic heterocycles. The molecule has 0 aliphatic rings. The smallest absolute Gasteiger partial charge is 0.123 e. The van der Waals surface area contributed by atoms with Crippen molar-refractivity contribution in [3.63, 3.8) is 0 Å². The lowest BCUT2D eigenvalue weighted by atomic mass is 10.2. The molecular weight excluding hydrogens is 192 g/mol. The van der Waals surface area contributed by atoms with Gasteiger partial charge in [0.05, 0.1) is 13.4 Å². The lowest BCUT2D eigenvalue weighted by molar-refractivity contribution is -0.107. The highest BCUT2D eigenvalue weighted by molar-refractivity contribution is 5.51. The summed E-state index contributed by atoms with van der Waals surface area (Å²) in [7, 11) is 1.63. The minimum Gasteiger partial charge on any atom is -0.497 e. The number of aldehydes is 1. The maximum Gasteiger partial charge on any atom is 0.123 e. The highest BCUT2D eigenvalue weighted by Gasteiger charge is 1.92. The van der Waals surface area contributed by atoms with E-state index >= 15 is 0 Å². The van der Waals surface area contributed by atoms with Gasteiger partial charge in [0.15, 0.2) is 0 Å². The van der Waals surface area contributed by atoms with Crippen molar-refractivity contribution in [2.45, 2.75) is 13.0 Å². The minimum atomic E-state index is 0.391. The molecule has 0 saturated heterocycles. The Labute approximate surface area is 89.3 Å². The molecule has 0 N–H and O–H groups in total. The van der Waals surface area contributed by atoms with Crippen molar-refractivity contribution in [2.24, 2.45) is 0 Å². The molecule has 0 spiro atoms. The zero-order chi connectivity index (χ0) is 10.9. The van der Waals surface area contributed by atoms with Crippen molar-refractivity contribution in [1.82, 2.24) is 0 Å². The van der Waals surface area contributed by atoms with E-state index in [0.29, 0.717) is 13.0 Å². The molecule has 3 heteroatoms. The molecule has 15 heavy (non-hydrogen) atoms. The van der Waals surface area contributed by atoms with Crippen LogP contribution < -0.4 is 4.74 Å². The number of carbonyl (C=O) groups excluding carboxylic acids is 1. The van der Waals surface area contributed by atoms with Gasteiger partial charge in [0, 0.05) is 6.42 Å². The number of hydrogen-bond donors (Lipinski definition) is 0. The van der Waals surface area contributed by atoms with Gasteiger partial charge in [-0.05, 0) is 23.8 Å². The number of methoxy groups -OCH3 is 1. The van der Waals surface area contributed by atoms with Crippen LogP contribution in [0.5, 0.6) is 5.75 Å².